The minimum Gasteiger partial charge on any atom is -0.303 e. The van der Waals surface area contributed by atoms with Crippen LogP contribution in [0.4, 0.5) is 0 Å². The number of carbonyl (C=O) groups excluding carboxylic acids is 1. The highest BCUT2D eigenvalue weighted by atomic mass is 35.5. The Morgan fingerprint density at radius 3 is 2.17 bits per heavy atom. The third kappa shape index (κ3) is 4.36. The Kier molecular flexibility index (Phi) is 7.10. The van der Waals surface area contributed by atoms with E-state index in [0.717, 1.165) is 25.3 Å². The Bertz CT molecular complexity index is 475. The third-order valence-corrected chi connectivity index (χ3v) is 5.60. The van der Waals surface area contributed by atoms with Crippen molar-refractivity contribution >= 4 is 18.7 Å². The largest absolute Gasteiger partial charge is 0.303 e. The zero-order valence-corrected chi connectivity index (χ0v) is 15.1. The summed E-state index contributed by atoms with van der Waals surface area (Å²) in [5.41, 5.74) is 2.82. The lowest BCUT2D eigenvalue weighted by Crippen LogP contribution is -2.37. The maximum Gasteiger partial charge on any atom is 0.124 e. The molecule has 2 nitrogen and oxygen atoms in total. The molecule has 1 saturated heterocycles. The summed E-state index contributed by atoms with van der Waals surface area (Å²) in [6.45, 7) is 4.33. The molecule has 2 unspecified atom stereocenters. The predicted octanol–water partition coefficient (Wildman–Crippen LogP) is 5.13. The molecule has 0 aromatic heterocycles. The van der Waals surface area contributed by atoms with E-state index in [1.165, 1.54) is 56.1 Å². The van der Waals surface area contributed by atoms with Crippen LogP contribution in [0.2, 0.25) is 0 Å². The number of halogens is 1. The Hall–Kier alpha value is -0.860. The highest BCUT2D eigenvalue weighted by molar-refractivity contribution is 5.85. The highest BCUT2D eigenvalue weighted by Crippen LogP contribution is 2.36. The van der Waals surface area contributed by atoms with Crippen LogP contribution in [0.1, 0.15) is 75.0 Å². The highest BCUT2D eigenvalue weighted by Gasteiger charge is 2.27. The van der Waals surface area contributed by atoms with Gasteiger partial charge in [-0.15, -0.1) is 12.4 Å². The van der Waals surface area contributed by atoms with Crippen molar-refractivity contribution < 1.29 is 4.79 Å². The number of hydrogen-bond donors (Lipinski definition) is 0. The number of hydrogen-bond acceptors (Lipinski definition) is 2. The number of nitrogens with zero attached hydrogens (tertiary/aromatic N) is 1. The van der Waals surface area contributed by atoms with E-state index in [2.05, 4.69) is 36.1 Å². The first-order valence-corrected chi connectivity index (χ1v) is 9.09. The van der Waals surface area contributed by atoms with E-state index in [0.29, 0.717) is 0 Å². The minimum atomic E-state index is 0. The number of rotatable bonds is 5. The summed E-state index contributed by atoms with van der Waals surface area (Å²) in [7, 11) is 0. The average Bonchev–Trinajstić information content (AvgIpc) is 3.11. The van der Waals surface area contributed by atoms with E-state index in [4.69, 9.17) is 0 Å². The van der Waals surface area contributed by atoms with Gasteiger partial charge in [0.25, 0.3) is 0 Å². The summed E-state index contributed by atoms with van der Waals surface area (Å²) in [5.74, 6) is 0.835. The van der Waals surface area contributed by atoms with Gasteiger partial charge >= 0.3 is 0 Å². The summed E-state index contributed by atoms with van der Waals surface area (Å²) in [5, 5.41) is 0. The normalized spacial score (nSPS) is 22.3. The minimum absolute atomic E-state index is 0. The van der Waals surface area contributed by atoms with E-state index in [1.54, 1.807) is 0 Å². The van der Waals surface area contributed by atoms with Crippen LogP contribution in [0.25, 0.3) is 0 Å². The topological polar surface area (TPSA) is 20.3 Å². The third-order valence-electron chi connectivity index (χ3n) is 5.60. The van der Waals surface area contributed by atoms with Gasteiger partial charge in [0.05, 0.1) is 0 Å². The lowest BCUT2D eigenvalue weighted by atomic mass is 9.89. The molecule has 1 aromatic rings. The first kappa shape index (κ1) is 18.5. The van der Waals surface area contributed by atoms with Crippen molar-refractivity contribution in [2.24, 2.45) is 5.92 Å². The average molecular weight is 336 g/mol. The smallest absolute Gasteiger partial charge is 0.124 e. The molecule has 0 bridgehead atoms. The van der Waals surface area contributed by atoms with Gasteiger partial charge in [0.1, 0.15) is 6.29 Å². The summed E-state index contributed by atoms with van der Waals surface area (Å²) in [4.78, 5) is 13.9. The van der Waals surface area contributed by atoms with Crippen LogP contribution in [0.3, 0.4) is 0 Å². The molecular weight excluding hydrogens is 306 g/mol. The van der Waals surface area contributed by atoms with Crippen molar-refractivity contribution in [1.29, 1.82) is 0 Å². The van der Waals surface area contributed by atoms with Gasteiger partial charge in [-0.25, -0.2) is 0 Å². The molecule has 1 heterocycles. The zero-order chi connectivity index (χ0) is 15.4. The van der Waals surface area contributed by atoms with Gasteiger partial charge in [0.2, 0.25) is 0 Å². The standard InChI is InChI=1S/C20H29NO.ClH/c1-16(15-22)20(21-13-5-2-6-14-21)19-11-9-18(10-12-19)17-7-3-4-8-17;/h9-12,15-17,20H,2-8,13-14H2,1H3;1H. The molecule has 2 aliphatic rings. The van der Waals surface area contributed by atoms with Gasteiger partial charge in [0, 0.05) is 12.0 Å². The molecule has 0 radical (unpaired) electrons. The molecule has 0 amide bonds. The van der Waals surface area contributed by atoms with E-state index in [9.17, 15) is 4.79 Å². The number of benzene rings is 1. The van der Waals surface area contributed by atoms with Crippen molar-refractivity contribution in [2.45, 2.75) is 63.8 Å². The summed E-state index contributed by atoms with van der Waals surface area (Å²) in [6.07, 6.45) is 10.4. The fourth-order valence-corrected chi connectivity index (χ4v) is 4.34. The Morgan fingerprint density at radius 2 is 1.61 bits per heavy atom. The van der Waals surface area contributed by atoms with Gasteiger partial charge in [-0.2, -0.15) is 0 Å². The molecule has 1 aliphatic heterocycles. The number of likely N-dealkylation sites (tertiary alicyclic amines) is 1. The number of piperidine rings is 1. The molecule has 3 heteroatoms. The molecule has 2 fully saturated rings. The Morgan fingerprint density at radius 1 is 1.00 bits per heavy atom. The maximum atomic E-state index is 11.4. The van der Waals surface area contributed by atoms with Crippen molar-refractivity contribution in [3.8, 4) is 0 Å². The molecule has 1 saturated carbocycles. The van der Waals surface area contributed by atoms with Crippen molar-refractivity contribution in [2.75, 3.05) is 13.1 Å². The number of aldehydes is 1. The zero-order valence-electron chi connectivity index (χ0n) is 14.2. The second-order valence-corrected chi connectivity index (χ2v) is 7.18. The molecule has 128 valence electrons. The van der Waals surface area contributed by atoms with Gasteiger partial charge in [-0.3, -0.25) is 4.90 Å². The monoisotopic (exact) mass is 335 g/mol. The first-order chi connectivity index (χ1) is 10.8. The van der Waals surface area contributed by atoms with Gasteiger partial charge in [0.15, 0.2) is 0 Å². The molecule has 0 N–H and O–H groups in total. The first-order valence-electron chi connectivity index (χ1n) is 9.09. The lowest BCUT2D eigenvalue weighted by molar-refractivity contribution is -0.112. The van der Waals surface area contributed by atoms with Gasteiger partial charge < -0.3 is 4.79 Å². The van der Waals surface area contributed by atoms with Crippen LogP contribution in [-0.2, 0) is 4.79 Å². The molecule has 1 aromatic carbocycles. The van der Waals surface area contributed by atoms with E-state index in [-0.39, 0.29) is 24.4 Å². The fraction of sp³-hybridized carbons (Fsp3) is 0.650. The van der Waals surface area contributed by atoms with E-state index >= 15 is 0 Å². The number of carbonyl (C=O) groups is 1. The van der Waals surface area contributed by atoms with Gasteiger partial charge in [-0.05, 0) is 55.8 Å². The molecule has 3 rings (SSSR count). The molecule has 2 atom stereocenters. The molecular formula is C20H30ClNO. The Labute approximate surface area is 147 Å². The van der Waals surface area contributed by atoms with Crippen LogP contribution < -0.4 is 0 Å². The lowest BCUT2D eigenvalue weighted by Gasteiger charge is -2.37. The SMILES string of the molecule is CC(C=O)C(c1ccc(C2CCCC2)cc1)N1CCCCC1.Cl. The summed E-state index contributed by atoms with van der Waals surface area (Å²) in [6, 6.07) is 9.47. The van der Waals surface area contributed by atoms with Crippen LogP contribution in [0.15, 0.2) is 24.3 Å². The predicted molar refractivity (Wildman–Crippen MR) is 98.3 cm³/mol. The molecule has 0 spiro atoms. The molecule has 23 heavy (non-hydrogen) atoms. The van der Waals surface area contributed by atoms with Crippen LogP contribution in [-0.4, -0.2) is 24.3 Å². The second-order valence-electron chi connectivity index (χ2n) is 7.18. The van der Waals surface area contributed by atoms with Crippen molar-refractivity contribution in [3.63, 3.8) is 0 Å². The fourth-order valence-electron chi connectivity index (χ4n) is 4.34. The Balaban J connectivity index is 0.00000192. The summed E-state index contributed by atoms with van der Waals surface area (Å²) >= 11 is 0. The van der Waals surface area contributed by atoms with Crippen molar-refractivity contribution in [1.82, 2.24) is 4.90 Å². The quantitative estimate of drug-likeness (QED) is 0.695. The van der Waals surface area contributed by atoms with E-state index in [1.807, 2.05) is 0 Å². The molecule has 1 aliphatic carbocycles. The van der Waals surface area contributed by atoms with Crippen LogP contribution in [0.5, 0.6) is 0 Å². The van der Waals surface area contributed by atoms with Gasteiger partial charge in [-0.1, -0.05) is 50.5 Å². The second kappa shape index (κ2) is 8.84. The van der Waals surface area contributed by atoms with Crippen molar-refractivity contribution in [3.05, 3.63) is 35.4 Å². The van der Waals surface area contributed by atoms with E-state index < -0.39 is 0 Å². The van der Waals surface area contributed by atoms with Crippen LogP contribution >= 0.6 is 12.4 Å². The maximum absolute atomic E-state index is 11.4. The summed E-state index contributed by atoms with van der Waals surface area (Å²) < 4.78 is 0. The van der Waals surface area contributed by atoms with Crippen LogP contribution in [0, 0.1) is 5.92 Å².